The van der Waals surface area contributed by atoms with Gasteiger partial charge in [0, 0.05) is 12.2 Å². The Kier molecular flexibility index (Phi) is 10.2. The molecule has 0 saturated heterocycles. The third-order valence-corrected chi connectivity index (χ3v) is 2.29. The maximum Gasteiger partial charge on any atom is 0.330 e. The van der Waals surface area contributed by atoms with Gasteiger partial charge in [0.2, 0.25) is 0 Å². The number of hydrogen-bond acceptors (Lipinski definition) is 6. The van der Waals surface area contributed by atoms with Gasteiger partial charge < -0.3 is 18.9 Å². The largest absolute Gasteiger partial charge is 0.457 e. The smallest absolute Gasteiger partial charge is 0.330 e. The van der Waals surface area contributed by atoms with Gasteiger partial charge in [-0.1, -0.05) is 13.2 Å². The summed E-state index contributed by atoms with van der Waals surface area (Å²) in [4.78, 5) is 21.9. The van der Waals surface area contributed by atoms with Crippen LogP contribution in [0.4, 0.5) is 0 Å². The van der Waals surface area contributed by atoms with Crippen molar-refractivity contribution in [3.05, 3.63) is 25.3 Å². The molecule has 120 valence electrons. The van der Waals surface area contributed by atoms with Crippen LogP contribution >= 0.6 is 0 Å². The van der Waals surface area contributed by atoms with E-state index in [-0.39, 0.29) is 31.5 Å². The second-order valence-corrected chi connectivity index (χ2v) is 4.58. The molecule has 0 aromatic rings. The first-order valence-corrected chi connectivity index (χ1v) is 6.74. The maximum atomic E-state index is 11.0. The number of esters is 2. The van der Waals surface area contributed by atoms with Crippen LogP contribution in [0.15, 0.2) is 25.3 Å². The van der Waals surface area contributed by atoms with Crippen molar-refractivity contribution in [1.82, 2.24) is 0 Å². The highest BCUT2D eigenvalue weighted by molar-refractivity contribution is 5.81. The quantitative estimate of drug-likeness (QED) is 0.427. The third-order valence-electron chi connectivity index (χ3n) is 2.29. The fourth-order valence-electron chi connectivity index (χ4n) is 1.31. The molecule has 0 bridgehead atoms. The topological polar surface area (TPSA) is 71.1 Å². The summed E-state index contributed by atoms with van der Waals surface area (Å²) in [5, 5.41) is 0. The molecule has 0 spiro atoms. The number of hydrogen-bond donors (Lipinski definition) is 0. The Hall–Kier alpha value is -1.66. The van der Waals surface area contributed by atoms with Gasteiger partial charge in [-0.05, 0) is 20.8 Å². The van der Waals surface area contributed by atoms with E-state index in [9.17, 15) is 9.59 Å². The van der Waals surface area contributed by atoms with Gasteiger partial charge in [0.1, 0.15) is 12.2 Å². The second kappa shape index (κ2) is 11.0. The van der Waals surface area contributed by atoms with Crippen LogP contribution in [-0.4, -0.2) is 50.1 Å². The summed E-state index contributed by atoms with van der Waals surface area (Å²) in [5.74, 6) is -0.957. The number of ether oxygens (including phenoxy) is 4. The summed E-state index contributed by atoms with van der Waals surface area (Å²) >= 11 is 0. The Bertz CT molecular complexity index is 352. The average Bonchev–Trinajstić information content (AvgIpc) is 2.44. The minimum Gasteiger partial charge on any atom is -0.457 e. The molecule has 0 aliphatic rings. The first-order valence-electron chi connectivity index (χ1n) is 6.74. The highest BCUT2D eigenvalue weighted by atomic mass is 16.6. The molecule has 0 aromatic carbocycles. The lowest BCUT2D eigenvalue weighted by atomic mass is 10.4. The van der Waals surface area contributed by atoms with Crippen molar-refractivity contribution in [2.24, 2.45) is 0 Å². The zero-order chi connectivity index (χ0) is 16.3. The van der Waals surface area contributed by atoms with Crippen molar-refractivity contribution in [1.29, 1.82) is 0 Å². The van der Waals surface area contributed by atoms with Gasteiger partial charge in [0.25, 0.3) is 0 Å². The Morgan fingerprint density at radius 1 is 0.857 bits per heavy atom. The number of carbonyl (C=O) groups is 2. The third kappa shape index (κ3) is 10.8. The van der Waals surface area contributed by atoms with Gasteiger partial charge in [0.05, 0.1) is 25.9 Å². The summed E-state index contributed by atoms with van der Waals surface area (Å²) in [7, 11) is 0. The van der Waals surface area contributed by atoms with Crippen molar-refractivity contribution in [2.45, 2.75) is 39.1 Å². The zero-order valence-electron chi connectivity index (χ0n) is 12.9. The summed E-state index contributed by atoms with van der Waals surface area (Å²) in [6.07, 6.45) is 1.33. The average molecular weight is 300 g/mol. The molecule has 21 heavy (non-hydrogen) atoms. The van der Waals surface area contributed by atoms with E-state index in [0.717, 1.165) is 12.2 Å². The highest BCUT2D eigenvalue weighted by Crippen LogP contribution is 2.00. The number of carbonyl (C=O) groups excluding carboxylic acids is 2. The van der Waals surface area contributed by atoms with Gasteiger partial charge in [-0.15, -0.1) is 0 Å². The van der Waals surface area contributed by atoms with E-state index >= 15 is 0 Å². The van der Waals surface area contributed by atoms with E-state index in [1.54, 1.807) is 13.8 Å². The van der Waals surface area contributed by atoms with Crippen LogP contribution in [0.1, 0.15) is 20.8 Å². The summed E-state index contributed by atoms with van der Waals surface area (Å²) in [6.45, 7) is 12.8. The highest BCUT2D eigenvalue weighted by Gasteiger charge is 2.11. The molecule has 6 nitrogen and oxygen atoms in total. The standard InChI is InChI=1S/C15H24O6/c1-6-14(16)20-12(4)9-18-8-11(3)19-10-13(5)21-15(17)7-2/h6-7,11-13H,1-2,8-10H2,3-5H3/t11-,12+,13-/m0/s1. The molecule has 0 aliphatic heterocycles. The minimum absolute atomic E-state index is 0.169. The van der Waals surface area contributed by atoms with Crippen LogP contribution in [0.5, 0.6) is 0 Å². The van der Waals surface area contributed by atoms with E-state index in [0.29, 0.717) is 6.61 Å². The van der Waals surface area contributed by atoms with Gasteiger partial charge in [-0.25, -0.2) is 9.59 Å². The maximum absolute atomic E-state index is 11.0. The van der Waals surface area contributed by atoms with Crippen LogP contribution in [-0.2, 0) is 28.5 Å². The molecule has 0 aliphatic carbocycles. The molecule has 3 atom stereocenters. The van der Waals surface area contributed by atoms with Crippen LogP contribution in [0.2, 0.25) is 0 Å². The molecule has 0 amide bonds. The first-order chi connectivity index (χ1) is 9.88. The van der Waals surface area contributed by atoms with Crippen molar-refractivity contribution >= 4 is 11.9 Å². The van der Waals surface area contributed by atoms with E-state index in [4.69, 9.17) is 18.9 Å². The Balaban J connectivity index is 3.73. The monoisotopic (exact) mass is 300 g/mol. The molecular formula is C15H24O6. The molecular weight excluding hydrogens is 276 g/mol. The van der Waals surface area contributed by atoms with Gasteiger partial charge >= 0.3 is 11.9 Å². The minimum atomic E-state index is -0.479. The lowest BCUT2D eigenvalue weighted by molar-refractivity contribution is -0.149. The van der Waals surface area contributed by atoms with Crippen molar-refractivity contribution in [3.63, 3.8) is 0 Å². The summed E-state index contributed by atoms with van der Waals surface area (Å²) < 4.78 is 20.8. The zero-order valence-corrected chi connectivity index (χ0v) is 12.9. The predicted octanol–water partition coefficient (Wildman–Crippen LogP) is 1.64. The Labute approximate surface area is 125 Å². The summed E-state index contributed by atoms with van der Waals surface area (Å²) in [5.41, 5.74) is 0. The SMILES string of the molecule is C=CC(=O)O[C@H](C)COC[C@H](C)OC[C@H](C)OC(=O)C=C. The van der Waals surface area contributed by atoms with E-state index in [2.05, 4.69) is 13.2 Å². The van der Waals surface area contributed by atoms with Crippen LogP contribution < -0.4 is 0 Å². The molecule has 0 heterocycles. The molecule has 0 aromatic heterocycles. The van der Waals surface area contributed by atoms with E-state index in [1.165, 1.54) is 0 Å². The molecule has 0 saturated carbocycles. The van der Waals surface area contributed by atoms with Crippen LogP contribution in [0.3, 0.4) is 0 Å². The second-order valence-electron chi connectivity index (χ2n) is 4.58. The van der Waals surface area contributed by atoms with Gasteiger partial charge in [0.15, 0.2) is 0 Å². The molecule has 0 unspecified atom stereocenters. The van der Waals surface area contributed by atoms with Gasteiger partial charge in [-0.2, -0.15) is 0 Å². The van der Waals surface area contributed by atoms with E-state index in [1.807, 2.05) is 6.92 Å². The molecule has 0 radical (unpaired) electrons. The first kappa shape index (κ1) is 19.3. The van der Waals surface area contributed by atoms with Crippen molar-refractivity contribution in [2.75, 3.05) is 19.8 Å². The number of rotatable bonds is 11. The van der Waals surface area contributed by atoms with Crippen molar-refractivity contribution < 1.29 is 28.5 Å². The Morgan fingerprint density at radius 2 is 1.29 bits per heavy atom. The summed E-state index contributed by atoms with van der Waals surface area (Å²) in [6, 6.07) is 0. The normalized spacial score (nSPS) is 14.6. The van der Waals surface area contributed by atoms with Crippen LogP contribution in [0.25, 0.3) is 0 Å². The lowest BCUT2D eigenvalue weighted by Crippen LogP contribution is -2.26. The van der Waals surface area contributed by atoms with Crippen LogP contribution in [0, 0.1) is 0 Å². The molecule has 0 fully saturated rings. The Morgan fingerprint density at radius 3 is 1.76 bits per heavy atom. The van der Waals surface area contributed by atoms with Crippen molar-refractivity contribution in [3.8, 4) is 0 Å². The van der Waals surface area contributed by atoms with Gasteiger partial charge in [-0.3, -0.25) is 0 Å². The van der Waals surface area contributed by atoms with E-state index < -0.39 is 11.9 Å². The molecule has 0 rings (SSSR count). The lowest BCUT2D eigenvalue weighted by Gasteiger charge is -2.18. The molecule has 0 N–H and O–H groups in total. The fraction of sp³-hybridized carbons (Fsp3) is 0.600. The fourth-order valence-corrected chi connectivity index (χ4v) is 1.31. The molecule has 6 heteroatoms. The predicted molar refractivity (Wildman–Crippen MR) is 77.7 cm³/mol.